The molecule has 1 amide bonds. The van der Waals surface area contributed by atoms with Crippen LogP contribution in [0.15, 0.2) is 89.8 Å². The molecule has 3 aromatic rings. The van der Waals surface area contributed by atoms with E-state index >= 15 is 0 Å². The number of thioether (sulfide) groups is 1. The minimum absolute atomic E-state index is 0.169. The molecule has 1 heterocycles. The second kappa shape index (κ2) is 7.51. The summed E-state index contributed by atoms with van der Waals surface area (Å²) in [6.45, 7) is 0. The first-order chi connectivity index (χ1) is 13.2. The number of para-hydroxylation sites is 2. The average Bonchev–Trinajstić information content (AvgIpc) is 3.02. The molecular formula is C22H17N3OS. The van der Waals surface area contributed by atoms with Crippen LogP contribution >= 0.6 is 11.8 Å². The summed E-state index contributed by atoms with van der Waals surface area (Å²) >= 11 is 1.15. The highest BCUT2D eigenvalue weighted by atomic mass is 32.2. The molecule has 1 aliphatic rings. The van der Waals surface area contributed by atoms with Crippen molar-refractivity contribution in [3.05, 3.63) is 95.4 Å². The molecule has 0 atom stereocenters. The summed E-state index contributed by atoms with van der Waals surface area (Å²) in [7, 11) is 0. The number of carbonyl (C=O) groups is 1. The molecule has 1 fully saturated rings. The van der Waals surface area contributed by atoms with Gasteiger partial charge in [-0.3, -0.25) is 10.2 Å². The van der Waals surface area contributed by atoms with E-state index in [-0.39, 0.29) is 11.1 Å². The minimum Gasteiger partial charge on any atom is -0.311 e. The molecule has 1 aliphatic heterocycles. The Labute approximate surface area is 162 Å². The lowest BCUT2D eigenvalue weighted by molar-refractivity contribution is -0.115. The average molecular weight is 371 g/mol. The Balaban J connectivity index is 1.69. The Hall–Kier alpha value is -3.31. The van der Waals surface area contributed by atoms with E-state index in [1.54, 1.807) is 6.08 Å². The maximum absolute atomic E-state index is 11.8. The molecule has 0 aliphatic carbocycles. The highest BCUT2D eigenvalue weighted by Gasteiger charge is 2.22. The molecule has 0 unspecified atom stereocenters. The second-order valence-corrected chi connectivity index (χ2v) is 7.04. The van der Waals surface area contributed by atoms with Crippen LogP contribution in [0.25, 0.3) is 6.08 Å². The highest BCUT2D eigenvalue weighted by Crippen LogP contribution is 2.34. The molecule has 4 nitrogen and oxygen atoms in total. The monoisotopic (exact) mass is 371 g/mol. The van der Waals surface area contributed by atoms with Gasteiger partial charge in [-0.25, -0.2) is 0 Å². The third-order valence-electron chi connectivity index (χ3n) is 4.14. The Morgan fingerprint density at radius 3 is 1.78 bits per heavy atom. The molecule has 0 saturated carbocycles. The maximum atomic E-state index is 11.8. The quantitative estimate of drug-likeness (QED) is 0.612. The molecule has 5 heteroatoms. The zero-order chi connectivity index (χ0) is 18.6. The lowest BCUT2D eigenvalue weighted by Gasteiger charge is -2.25. The molecule has 1 saturated heterocycles. The van der Waals surface area contributed by atoms with Crippen molar-refractivity contribution in [2.24, 2.45) is 0 Å². The van der Waals surface area contributed by atoms with Crippen molar-refractivity contribution in [2.75, 3.05) is 4.90 Å². The van der Waals surface area contributed by atoms with Gasteiger partial charge in [0.15, 0.2) is 5.17 Å². The SMILES string of the molecule is N=C1NC(=O)C(=Cc2ccc(N(c3ccccc3)c3ccccc3)cc2)S1. The topological polar surface area (TPSA) is 56.2 Å². The van der Waals surface area contributed by atoms with Crippen molar-refractivity contribution in [2.45, 2.75) is 0 Å². The molecule has 27 heavy (non-hydrogen) atoms. The number of amidine groups is 1. The van der Waals surface area contributed by atoms with Crippen molar-refractivity contribution >= 4 is 46.0 Å². The van der Waals surface area contributed by atoms with Crippen molar-refractivity contribution in [3.8, 4) is 0 Å². The summed E-state index contributed by atoms with van der Waals surface area (Å²) in [6, 6.07) is 28.4. The standard InChI is InChI=1S/C22H17N3OS/c23-22-24-21(26)20(27-22)15-16-11-13-19(14-12-16)25(17-7-3-1-4-8-17)18-9-5-2-6-10-18/h1-15H,(H2,23,24,26). The zero-order valence-electron chi connectivity index (χ0n) is 14.4. The van der Waals surface area contributed by atoms with Crippen LogP contribution < -0.4 is 10.2 Å². The van der Waals surface area contributed by atoms with Crippen LogP contribution in [0, 0.1) is 5.41 Å². The second-order valence-electron chi connectivity index (χ2n) is 5.99. The number of nitrogens with zero attached hydrogens (tertiary/aromatic N) is 1. The van der Waals surface area contributed by atoms with E-state index in [1.165, 1.54) is 0 Å². The van der Waals surface area contributed by atoms with Crippen LogP contribution in [0.5, 0.6) is 0 Å². The summed E-state index contributed by atoms with van der Waals surface area (Å²) in [4.78, 5) is 14.5. The van der Waals surface area contributed by atoms with E-state index < -0.39 is 0 Å². The number of benzene rings is 3. The normalized spacial score (nSPS) is 15.0. The predicted octanol–water partition coefficient (Wildman–Crippen LogP) is 5.30. The molecule has 0 radical (unpaired) electrons. The molecule has 132 valence electrons. The maximum Gasteiger partial charge on any atom is 0.264 e. The number of hydrogen-bond donors (Lipinski definition) is 2. The summed E-state index contributed by atoms with van der Waals surface area (Å²) in [5, 5.41) is 10.2. The molecule has 4 rings (SSSR count). The van der Waals surface area contributed by atoms with Gasteiger partial charge in [0, 0.05) is 17.1 Å². The number of carbonyl (C=O) groups excluding carboxylic acids is 1. The summed E-state index contributed by atoms with van der Waals surface area (Å²) < 4.78 is 0. The third kappa shape index (κ3) is 3.78. The van der Waals surface area contributed by atoms with Gasteiger partial charge in [-0.05, 0) is 59.8 Å². The first kappa shape index (κ1) is 17.1. The summed E-state index contributed by atoms with van der Waals surface area (Å²) in [5.74, 6) is -0.218. The minimum atomic E-state index is -0.218. The van der Waals surface area contributed by atoms with Crippen LogP contribution in [0.4, 0.5) is 17.1 Å². The van der Waals surface area contributed by atoms with Crippen LogP contribution in [0.3, 0.4) is 0 Å². The van der Waals surface area contributed by atoms with E-state index in [1.807, 2.05) is 60.7 Å². The number of rotatable bonds is 4. The first-order valence-electron chi connectivity index (χ1n) is 8.50. The van der Waals surface area contributed by atoms with Crippen molar-refractivity contribution in [1.29, 1.82) is 5.41 Å². The lowest BCUT2D eigenvalue weighted by Crippen LogP contribution is -2.18. The van der Waals surface area contributed by atoms with E-state index in [9.17, 15) is 4.79 Å². The van der Waals surface area contributed by atoms with E-state index in [0.29, 0.717) is 4.91 Å². The summed E-state index contributed by atoms with van der Waals surface area (Å²) in [5.41, 5.74) is 4.11. The van der Waals surface area contributed by atoms with Crippen molar-refractivity contribution < 1.29 is 4.79 Å². The molecule has 3 aromatic carbocycles. The third-order valence-corrected chi connectivity index (χ3v) is 4.97. The fraction of sp³-hybridized carbons (Fsp3) is 0. The Bertz CT molecular complexity index is 959. The number of amides is 1. The van der Waals surface area contributed by atoms with Crippen molar-refractivity contribution in [3.63, 3.8) is 0 Å². The van der Waals surface area contributed by atoms with E-state index in [4.69, 9.17) is 5.41 Å². The lowest BCUT2D eigenvalue weighted by atomic mass is 10.1. The van der Waals surface area contributed by atoms with Gasteiger partial charge in [0.1, 0.15) is 0 Å². The van der Waals surface area contributed by atoms with Crippen molar-refractivity contribution in [1.82, 2.24) is 5.32 Å². The van der Waals surface area contributed by atoms with Crippen LogP contribution in [-0.2, 0) is 4.79 Å². The Morgan fingerprint density at radius 2 is 1.30 bits per heavy atom. The van der Waals surface area contributed by atoms with Gasteiger partial charge >= 0.3 is 0 Å². The number of anilines is 3. The smallest absolute Gasteiger partial charge is 0.264 e. The van der Waals surface area contributed by atoms with E-state index in [0.717, 1.165) is 34.4 Å². The molecule has 0 spiro atoms. The number of hydrogen-bond acceptors (Lipinski definition) is 4. The largest absolute Gasteiger partial charge is 0.311 e. The first-order valence-corrected chi connectivity index (χ1v) is 9.32. The fourth-order valence-electron chi connectivity index (χ4n) is 2.91. The van der Waals surface area contributed by atoms with E-state index in [2.05, 4.69) is 34.5 Å². The molecule has 2 N–H and O–H groups in total. The highest BCUT2D eigenvalue weighted by molar-refractivity contribution is 8.18. The van der Waals surface area contributed by atoms with Crippen LogP contribution in [0.2, 0.25) is 0 Å². The molecular weight excluding hydrogens is 354 g/mol. The van der Waals surface area contributed by atoms with Gasteiger partial charge < -0.3 is 10.2 Å². The Morgan fingerprint density at radius 1 is 0.778 bits per heavy atom. The van der Waals surface area contributed by atoms with Gasteiger partial charge in [0.05, 0.1) is 4.91 Å². The van der Waals surface area contributed by atoms with Crippen LogP contribution in [-0.4, -0.2) is 11.1 Å². The summed E-state index contributed by atoms with van der Waals surface area (Å²) in [6.07, 6.45) is 1.81. The van der Waals surface area contributed by atoms with Gasteiger partial charge in [0.2, 0.25) is 0 Å². The van der Waals surface area contributed by atoms with Gasteiger partial charge in [-0.15, -0.1) is 0 Å². The Kier molecular flexibility index (Phi) is 4.77. The van der Waals surface area contributed by atoms with Gasteiger partial charge in [-0.1, -0.05) is 48.5 Å². The van der Waals surface area contributed by atoms with Crippen LogP contribution in [0.1, 0.15) is 5.56 Å². The van der Waals surface area contributed by atoms with Gasteiger partial charge in [-0.2, -0.15) is 0 Å². The predicted molar refractivity (Wildman–Crippen MR) is 113 cm³/mol. The fourth-order valence-corrected chi connectivity index (χ4v) is 3.62. The number of nitrogens with one attached hydrogen (secondary N) is 2. The van der Waals surface area contributed by atoms with Gasteiger partial charge in [0.25, 0.3) is 5.91 Å². The molecule has 0 aromatic heterocycles. The zero-order valence-corrected chi connectivity index (χ0v) is 15.2. The molecule has 0 bridgehead atoms.